The number of hydrogen-bond donors (Lipinski definition) is 1. The Kier molecular flexibility index (Phi) is 3.71. The third kappa shape index (κ3) is 3.90. The van der Waals surface area contributed by atoms with Gasteiger partial charge < -0.3 is 9.67 Å². The summed E-state index contributed by atoms with van der Waals surface area (Å²) in [6.07, 6.45) is 5.03. The summed E-state index contributed by atoms with van der Waals surface area (Å²) in [4.78, 5) is 10.8. The van der Waals surface area contributed by atoms with Crippen LogP contribution < -0.4 is 5.43 Å². The first-order chi connectivity index (χ1) is 6.18. The fourth-order valence-corrected chi connectivity index (χ4v) is 1.16. The van der Waals surface area contributed by atoms with Crippen LogP contribution in [0.2, 0.25) is 0 Å². The van der Waals surface area contributed by atoms with Crippen molar-refractivity contribution in [2.45, 2.75) is 32.4 Å². The molecule has 0 saturated carbocycles. The van der Waals surface area contributed by atoms with Crippen molar-refractivity contribution >= 4 is 0 Å². The molecule has 0 amide bonds. The number of aromatic nitrogens is 1. The van der Waals surface area contributed by atoms with Gasteiger partial charge >= 0.3 is 0 Å². The third-order valence-electron chi connectivity index (χ3n) is 1.90. The molecular weight excluding hydrogens is 166 g/mol. The van der Waals surface area contributed by atoms with Gasteiger partial charge in [0.05, 0.1) is 6.10 Å². The van der Waals surface area contributed by atoms with E-state index in [0.29, 0.717) is 0 Å². The van der Waals surface area contributed by atoms with Crippen LogP contribution in [-0.4, -0.2) is 15.8 Å². The maximum Gasteiger partial charge on any atom is 0.181 e. The Morgan fingerprint density at radius 1 is 1.46 bits per heavy atom. The summed E-state index contributed by atoms with van der Waals surface area (Å²) in [7, 11) is 0. The van der Waals surface area contributed by atoms with Crippen molar-refractivity contribution in [3.8, 4) is 0 Å². The number of aliphatic hydroxyl groups excluding tert-OH is 1. The summed E-state index contributed by atoms with van der Waals surface area (Å²) in [5, 5.41) is 9.02. The van der Waals surface area contributed by atoms with Gasteiger partial charge in [0.25, 0.3) is 0 Å². The van der Waals surface area contributed by atoms with Gasteiger partial charge in [-0.25, -0.2) is 0 Å². The first-order valence-electron chi connectivity index (χ1n) is 4.52. The van der Waals surface area contributed by atoms with Gasteiger partial charge in [0.2, 0.25) is 0 Å². The summed E-state index contributed by atoms with van der Waals surface area (Å²) < 4.78 is 1.95. The van der Waals surface area contributed by atoms with E-state index in [1.54, 1.807) is 31.5 Å². The van der Waals surface area contributed by atoms with Gasteiger partial charge in [-0.05, 0) is 19.8 Å². The zero-order valence-electron chi connectivity index (χ0n) is 7.81. The quantitative estimate of drug-likeness (QED) is 0.753. The number of rotatable bonds is 4. The van der Waals surface area contributed by atoms with E-state index in [-0.39, 0.29) is 11.5 Å². The Balaban J connectivity index is 2.37. The highest BCUT2D eigenvalue weighted by molar-refractivity contribution is 4.93. The number of aryl methyl sites for hydroxylation is 1. The first-order valence-corrected chi connectivity index (χ1v) is 4.52. The highest BCUT2D eigenvalue weighted by atomic mass is 16.3. The van der Waals surface area contributed by atoms with E-state index < -0.39 is 0 Å². The standard InChI is InChI=1S/C10H15NO2/c1-9(12)3-2-6-11-7-4-10(13)5-8-11/h4-5,7-9,12H,2-3,6H2,1H3. The second kappa shape index (κ2) is 4.82. The number of aliphatic hydroxyl groups is 1. The number of hydrogen-bond acceptors (Lipinski definition) is 2. The minimum absolute atomic E-state index is 0.0341. The van der Waals surface area contributed by atoms with Crippen molar-refractivity contribution in [1.29, 1.82) is 0 Å². The highest BCUT2D eigenvalue weighted by Gasteiger charge is 1.95. The number of nitrogens with zero attached hydrogens (tertiary/aromatic N) is 1. The molecule has 0 aliphatic rings. The molecule has 3 heteroatoms. The van der Waals surface area contributed by atoms with Crippen LogP contribution in [0.15, 0.2) is 29.3 Å². The molecule has 1 N–H and O–H groups in total. The lowest BCUT2D eigenvalue weighted by Crippen LogP contribution is -2.06. The molecule has 0 fully saturated rings. The molecule has 0 aromatic carbocycles. The molecule has 13 heavy (non-hydrogen) atoms. The van der Waals surface area contributed by atoms with Crippen molar-refractivity contribution in [2.75, 3.05) is 0 Å². The molecule has 0 bridgehead atoms. The molecule has 1 rings (SSSR count). The van der Waals surface area contributed by atoms with E-state index in [1.807, 2.05) is 4.57 Å². The van der Waals surface area contributed by atoms with Gasteiger partial charge in [0.1, 0.15) is 0 Å². The van der Waals surface area contributed by atoms with Gasteiger partial charge in [-0.15, -0.1) is 0 Å². The average Bonchev–Trinajstić information content (AvgIpc) is 2.08. The summed E-state index contributed by atoms with van der Waals surface area (Å²) in [6, 6.07) is 3.09. The number of pyridine rings is 1. The highest BCUT2D eigenvalue weighted by Crippen LogP contribution is 1.98. The van der Waals surface area contributed by atoms with Crippen molar-refractivity contribution in [3.63, 3.8) is 0 Å². The van der Waals surface area contributed by atoms with Crippen molar-refractivity contribution in [3.05, 3.63) is 34.7 Å². The Morgan fingerprint density at radius 2 is 2.08 bits per heavy atom. The summed E-state index contributed by atoms with van der Waals surface area (Å²) in [5.74, 6) is 0. The lowest BCUT2D eigenvalue weighted by atomic mass is 10.2. The lowest BCUT2D eigenvalue weighted by Gasteiger charge is -2.06. The largest absolute Gasteiger partial charge is 0.393 e. The van der Waals surface area contributed by atoms with E-state index in [1.165, 1.54) is 0 Å². The molecule has 1 heterocycles. The molecular formula is C10H15NO2. The minimum atomic E-state index is -0.237. The van der Waals surface area contributed by atoms with Crippen LogP contribution in [0, 0.1) is 0 Å². The van der Waals surface area contributed by atoms with E-state index >= 15 is 0 Å². The summed E-state index contributed by atoms with van der Waals surface area (Å²) in [5.41, 5.74) is 0.0341. The molecule has 1 aromatic rings. The van der Waals surface area contributed by atoms with E-state index in [0.717, 1.165) is 19.4 Å². The zero-order chi connectivity index (χ0) is 9.68. The van der Waals surface area contributed by atoms with Crippen LogP contribution >= 0.6 is 0 Å². The second-order valence-electron chi connectivity index (χ2n) is 3.26. The molecule has 0 spiro atoms. The van der Waals surface area contributed by atoms with Crippen LogP contribution in [0.3, 0.4) is 0 Å². The molecule has 0 saturated heterocycles. The fraction of sp³-hybridized carbons (Fsp3) is 0.500. The van der Waals surface area contributed by atoms with Crippen molar-refractivity contribution < 1.29 is 5.11 Å². The zero-order valence-corrected chi connectivity index (χ0v) is 7.81. The van der Waals surface area contributed by atoms with E-state index in [9.17, 15) is 4.79 Å². The normalized spacial score (nSPS) is 12.8. The SMILES string of the molecule is CC(O)CCCn1ccc(=O)cc1. The predicted octanol–water partition coefficient (Wildman–Crippen LogP) is 1.01. The monoisotopic (exact) mass is 181 g/mol. The molecule has 0 aliphatic carbocycles. The molecule has 0 radical (unpaired) electrons. The topological polar surface area (TPSA) is 42.2 Å². The van der Waals surface area contributed by atoms with Crippen LogP contribution in [0.4, 0.5) is 0 Å². The summed E-state index contributed by atoms with van der Waals surface area (Å²) in [6.45, 7) is 2.64. The van der Waals surface area contributed by atoms with Gasteiger partial charge in [-0.2, -0.15) is 0 Å². The van der Waals surface area contributed by atoms with Crippen molar-refractivity contribution in [1.82, 2.24) is 4.57 Å². The molecule has 1 atom stereocenters. The molecule has 3 nitrogen and oxygen atoms in total. The third-order valence-corrected chi connectivity index (χ3v) is 1.90. The smallest absolute Gasteiger partial charge is 0.181 e. The van der Waals surface area contributed by atoms with Gasteiger partial charge in [-0.1, -0.05) is 0 Å². The average molecular weight is 181 g/mol. The van der Waals surface area contributed by atoms with Gasteiger partial charge in [0.15, 0.2) is 5.43 Å². The predicted molar refractivity (Wildman–Crippen MR) is 51.6 cm³/mol. The van der Waals surface area contributed by atoms with Crippen LogP contribution in [0.25, 0.3) is 0 Å². The second-order valence-corrected chi connectivity index (χ2v) is 3.26. The van der Waals surface area contributed by atoms with E-state index in [4.69, 9.17) is 5.11 Å². The Hall–Kier alpha value is -1.09. The van der Waals surface area contributed by atoms with Crippen LogP contribution in [0.5, 0.6) is 0 Å². The maximum absolute atomic E-state index is 10.8. The van der Waals surface area contributed by atoms with Gasteiger partial charge in [0, 0.05) is 31.1 Å². The maximum atomic E-state index is 10.8. The molecule has 1 aromatic heterocycles. The lowest BCUT2D eigenvalue weighted by molar-refractivity contribution is 0.179. The van der Waals surface area contributed by atoms with Gasteiger partial charge in [-0.3, -0.25) is 4.79 Å². The van der Waals surface area contributed by atoms with Crippen molar-refractivity contribution in [2.24, 2.45) is 0 Å². The molecule has 72 valence electrons. The van der Waals surface area contributed by atoms with Crippen LogP contribution in [-0.2, 0) is 6.54 Å². The fourth-order valence-electron chi connectivity index (χ4n) is 1.16. The minimum Gasteiger partial charge on any atom is -0.393 e. The molecule has 0 aliphatic heterocycles. The Labute approximate surface area is 77.6 Å². The van der Waals surface area contributed by atoms with Crippen LogP contribution in [0.1, 0.15) is 19.8 Å². The summed E-state index contributed by atoms with van der Waals surface area (Å²) >= 11 is 0. The Morgan fingerprint density at radius 3 is 2.62 bits per heavy atom. The van der Waals surface area contributed by atoms with E-state index in [2.05, 4.69) is 0 Å². The molecule has 1 unspecified atom stereocenters. The first kappa shape index (κ1) is 9.99. The Bertz CT molecular complexity index is 284.